The van der Waals surface area contributed by atoms with Gasteiger partial charge in [-0.05, 0) is 52.3 Å². The van der Waals surface area contributed by atoms with Crippen molar-refractivity contribution < 1.29 is 13.6 Å². The predicted molar refractivity (Wildman–Crippen MR) is 105 cm³/mol. The molecule has 0 spiro atoms. The minimum absolute atomic E-state index is 0.186. The van der Waals surface area contributed by atoms with E-state index in [0.29, 0.717) is 17.9 Å². The second-order valence-corrected chi connectivity index (χ2v) is 8.81. The van der Waals surface area contributed by atoms with Crippen LogP contribution in [0.4, 0.5) is 4.39 Å². The molecule has 0 radical (unpaired) electrons. The number of hydrogen-bond donors (Lipinski definition) is 1. The van der Waals surface area contributed by atoms with Crippen LogP contribution in [0.3, 0.4) is 0 Å². The van der Waals surface area contributed by atoms with Crippen molar-refractivity contribution in [1.82, 2.24) is 5.32 Å². The Morgan fingerprint density at radius 2 is 2.04 bits per heavy atom. The first-order valence-electron chi connectivity index (χ1n) is 7.58. The van der Waals surface area contributed by atoms with Crippen molar-refractivity contribution in [2.75, 3.05) is 12.3 Å². The van der Waals surface area contributed by atoms with Crippen LogP contribution in [0.15, 0.2) is 56.7 Å². The first-order valence-corrected chi connectivity index (χ1v) is 10.3. The molecule has 2 aromatic heterocycles. The summed E-state index contributed by atoms with van der Waals surface area (Å²) >= 11 is 6.91. The quantitative estimate of drug-likeness (QED) is 0.489. The topological polar surface area (TPSA) is 42.2 Å². The Kier molecular flexibility index (Phi) is 6.34. The first kappa shape index (κ1) is 18.2. The number of amides is 1. The maximum atomic E-state index is 13.7. The molecule has 0 saturated carbocycles. The third kappa shape index (κ3) is 4.96. The van der Waals surface area contributed by atoms with Gasteiger partial charge in [0, 0.05) is 22.9 Å². The smallest absolute Gasteiger partial charge is 0.287 e. The van der Waals surface area contributed by atoms with Crippen LogP contribution in [0.2, 0.25) is 0 Å². The highest BCUT2D eigenvalue weighted by Gasteiger charge is 2.13. The van der Waals surface area contributed by atoms with Crippen LogP contribution < -0.4 is 5.32 Å². The van der Waals surface area contributed by atoms with Gasteiger partial charge in [0.1, 0.15) is 11.6 Å². The molecule has 1 amide bonds. The van der Waals surface area contributed by atoms with E-state index in [0.717, 1.165) is 15.3 Å². The number of carbonyl (C=O) groups is 1. The Labute approximate surface area is 161 Å². The van der Waals surface area contributed by atoms with E-state index in [1.54, 1.807) is 53.4 Å². The van der Waals surface area contributed by atoms with Crippen LogP contribution >= 0.6 is 39.0 Å². The first-order chi connectivity index (χ1) is 12.1. The Morgan fingerprint density at radius 3 is 2.80 bits per heavy atom. The SMILES string of the molecule is O=C(NCCSCc1ccc(Br)s1)c1ccc(-c2ccccc2F)o1. The van der Waals surface area contributed by atoms with Gasteiger partial charge in [-0.15, -0.1) is 11.3 Å². The number of benzene rings is 1. The Morgan fingerprint density at radius 1 is 1.20 bits per heavy atom. The standard InChI is InChI=1S/C18H15BrFNO2S2/c19-17-8-5-12(25-17)11-24-10-9-21-18(22)16-7-6-15(23-16)13-3-1-2-4-14(13)20/h1-8H,9-11H2,(H,21,22). The second kappa shape index (κ2) is 8.69. The van der Waals surface area contributed by atoms with Crippen LogP contribution in [-0.2, 0) is 5.75 Å². The molecule has 25 heavy (non-hydrogen) atoms. The van der Waals surface area contributed by atoms with Crippen LogP contribution in [-0.4, -0.2) is 18.2 Å². The highest BCUT2D eigenvalue weighted by molar-refractivity contribution is 9.11. The Hall–Kier alpha value is -1.57. The van der Waals surface area contributed by atoms with E-state index in [9.17, 15) is 9.18 Å². The summed E-state index contributed by atoms with van der Waals surface area (Å²) in [5.41, 5.74) is 0.346. The number of carbonyl (C=O) groups excluding carboxylic acids is 1. The maximum Gasteiger partial charge on any atom is 0.287 e. The number of furan rings is 1. The van der Waals surface area contributed by atoms with Crippen molar-refractivity contribution in [3.05, 3.63) is 68.8 Å². The number of nitrogens with one attached hydrogen (secondary N) is 1. The molecule has 0 unspecified atom stereocenters. The molecule has 0 fully saturated rings. The molecular weight excluding hydrogens is 425 g/mol. The lowest BCUT2D eigenvalue weighted by Crippen LogP contribution is -2.25. The van der Waals surface area contributed by atoms with Gasteiger partial charge in [-0.3, -0.25) is 4.79 Å². The summed E-state index contributed by atoms with van der Waals surface area (Å²) in [7, 11) is 0. The van der Waals surface area contributed by atoms with Crippen molar-refractivity contribution in [3.8, 4) is 11.3 Å². The summed E-state index contributed by atoms with van der Waals surface area (Å²) in [4.78, 5) is 13.4. The zero-order valence-electron chi connectivity index (χ0n) is 13.1. The summed E-state index contributed by atoms with van der Waals surface area (Å²) in [5, 5.41) is 2.82. The summed E-state index contributed by atoms with van der Waals surface area (Å²) < 4.78 is 20.4. The third-order valence-electron chi connectivity index (χ3n) is 3.37. The van der Waals surface area contributed by atoms with E-state index in [1.807, 2.05) is 6.07 Å². The van der Waals surface area contributed by atoms with E-state index in [-0.39, 0.29) is 17.5 Å². The molecule has 0 aliphatic carbocycles. The highest BCUT2D eigenvalue weighted by atomic mass is 79.9. The molecule has 0 aliphatic rings. The average molecular weight is 440 g/mol. The fraction of sp³-hybridized carbons (Fsp3) is 0.167. The lowest BCUT2D eigenvalue weighted by atomic mass is 10.1. The summed E-state index contributed by atoms with van der Waals surface area (Å²) in [6.45, 7) is 0.547. The molecule has 0 bridgehead atoms. The molecule has 1 aromatic carbocycles. The normalized spacial score (nSPS) is 10.8. The fourth-order valence-corrected chi connectivity index (χ4v) is 4.64. The maximum absolute atomic E-state index is 13.7. The van der Waals surface area contributed by atoms with Crippen molar-refractivity contribution in [1.29, 1.82) is 0 Å². The molecular formula is C18H15BrFNO2S2. The molecule has 0 saturated heterocycles. The van der Waals surface area contributed by atoms with Crippen LogP contribution in [0.25, 0.3) is 11.3 Å². The molecule has 1 N–H and O–H groups in total. The zero-order valence-corrected chi connectivity index (χ0v) is 16.3. The minimum Gasteiger partial charge on any atom is -0.451 e. The number of rotatable bonds is 7. The lowest BCUT2D eigenvalue weighted by molar-refractivity contribution is 0.0929. The summed E-state index contributed by atoms with van der Waals surface area (Å²) in [6.07, 6.45) is 0. The van der Waals surface area contributed by atoms with Crippen LogP contribution in [0.5, 0.6) is 0 Å². The zero-order chi connectivity index (χ0) is 17.6. The van der Waals surface area contributed by atoms with Gasteiger partial charge in [-0.2, -0.15) is 11.8 Å². The predicted octanol–water partition coefficient (Wildman–Crippen LogP) is 5.57. The Balaban J connectivity index is 1.46. The van der Waals surface area contributed by atoms with Crippen molar-refractivity contribution in [2.24, 2.45) is 0 Å². The van der Waals surface area contributed by atoms with Crippen molar-refractivity contribution in [3.63, 3.8) is 0 Å². The van der Waals surface area contributed by atoms with Gasteiger partial charge in [0.15, 0.2) is 5.76 Å². The van der Waals surface area contributed by atoms with Gasteiger partial charge in [0.25, 0.3) is 5.91 Å². The van der Waals surface area contributed by atoms with Gasteiger partial charge >= 0.3 is 0 Å². The van der Waals surface area contributed by atoms with Gasteiger partial charge in [0.05, 0.1) is 9.35 Å². The number of thioether (sulfide) groups is 1. The average Bonchev–Trinajstić information content (AvgIpc) is 3.24. The summed E-state index contributed by atoms with van der Waals surface area (Å²) in [6, 6.07) is 13.6. The van der Waals surface area contributed by atoms with Crippen LogP contribution in [0, 0.1) is 5.82 Å². The monoisotopic (exact) mass is 439 g/mol. The molecule has 0 aliphatic heterocycles. The lowest BCUT2D eigenvalue weighted by Gasteiger charge is -2.03. The van der Waals surface area contributed by atoms with Gasteiger partial charge in [0.2, 0.25) is 0 Å². The number of thiophene rings is 1. The van der Waals surface area contributed by atoms with Crippen LogP contribution in [0.1, 0.15) is 15.4 Å². The van der Waals surface area contributed by atoms with E-state index < -0.39 is 0 Å². The molecule has 3 aromatic rings. The molecule has 7 heteroatoms. The molecule has 3 nitrogen and oxygen atoms in total. The largest absolute Gasteiger partial charge is 0.451 e. The van der Waals surface area contributed by atoms with E-state index in [4.69, 9.17) is 4.42 Å². The molecule has 0 atom stereocenters. The van der Waals surface area contributed by atoms with Crippen molar-refractivity contribution >= 4 is 44.9 Å². The van der Waals surface area contributed by atoms with Gasteiger partial charge in [-0.25, -0.2) is 4.39 Å². The van der Waals surface area contributed by atoms with Crippen molar-refractivity contribution in [2.45, 2.75) is 5.75 Å². The summed E-state index contributed by atoms with van der Waals surface area (Å²) in [5.74, 6) is 1.60. The third-order valence-corrected chi connectivity index (χ3v) is 6.19. The second-order valence-electron chi connectivity index (χ2n) is 5.16. The molecule has 3 rings (SSSR count). The van der Waals surface area contributed by atoms with Gasteiger partial charge < -0.3 is 9.73 Å². The fourth-order valence-electron chi connectivity index (χ4n) is 2.19. The van der Waals surface area contributed by atoms with E-state index in [2.05, 4.69) is 27.3 Å². The number of halogens is 2. The highest BCUT2D eigenvalue weighted by Crippen LogP contribution is 2.26. The minimum atomic E-state index is -0.375. The number of hydrogen-bond acceptors (Lipinski definition) is 4. The van der Waals surface area contributed by atoms with Gasteiger partial charge in [-0.1, -0.05) is 12.1 Å². The van der Waals surface area contributed by atoms with E-state index >= 15 is 0 Å². The molecule has 130 valence electrons. The van der Waals surface area contributed by atoms with E-state index in [1.165, 1.54) is 10.9 Å². The Bertz CT molecular complexity index is 862. The molecule has 2 heterocycles.